The van der Waals surface area contributed by atoms with Crippen molar-refractivity contribution < 1.29 is 18.3 Å². The zero-order valence-electron chi connectivity index (χ0n) is 18.9. The molecule has 2 saturated carbocycles. The Kier molecular flexibility index (Phi) is 8.17. The Balaban J connectivity index is 1.18. The minimum atomic E-state index is -0.747. The first-order valence-corrected chi connectivity index (χ1v) is 12.5. The lowest BCUT2D eigenvalue weighted by Gasteiger charge is -2.41. The highest BCUT2D eigenvalue weighted by Gasteiger charge is 2.35. The lowest BCUT2D eigenvalue weighted by atomic mass is 9.68. The molecule has 4 rings (SSSR count). The van der Waals surface area contributed by atoms with Crippen LogP contribution in [0.2, 0.25) is 0 Å². The molecule has 4 heteroatoms. The van der Waals surface area contributed by atoms with Crippen LogP contribution in [0.15, 0.2) is 30.4 Å². The SMILES string of the molecule is CCC/C=C/C1COC(C2CCC(C3CCC(c4ccc(F)c(F)c4)CC3)CC2)OC1. The van der Waals surface area contributed by atoms with Gasteiger partial charge in [-0.1, -0.05) is 31.6 Å². The summed E-state index contributed by atoms with van der Waals surface area (Å²) < 4.78 is 39.0. The first-order chi connectivity index (χ1) is 15.1. The van der Waals surface area contributed by atoms with Crippen molar-refractivity contribution in [3.05, 3.63) is 47.5 Å². The average Bonchev–Trinajstić information content (AvgIpc) is 2.82. The summed E-state index contributed by atoms with van der Waals surface area (Å²) in [7, 11) is 0. The van der Waals surface area contributed by atoms with E-state index in [0.717, 1.165) is 49.9 Å². The summed E-state index contributed by atoms with van der Waals surface area (Å²) in [5.41, 5.74) is 0.968. The predicted molar refractivity (Wildman–Crippen MR) is 120 cm³/mol. The highest BCUT2D eigenvalue weighted by molar-refractivity contribution is 5.22. The summed E-state index contributed by atoms with van der Waals surface area (Å²) in [6.07, 6.45) is 16.4. The van der Waals surface area contributed by atoms with Gasteiger partial charge in [-0.25, -0.2) is 8.78 Å². The maximum Gasteiger partial charge on any atom is 0.160 e. The smallest absolute Gasteiger partial charge is 0.160 e. The summed E-state index contributed by atoms with van der Waals surface area (Å²) in [6, 6.07) is 4.44. The Hall–Kier alpha value is -1.26. The van der Waals surface area contributed by atoms with Gasteiger partial charge >= 0.3 is 0 Å². The van der Waals surface area contributed by atoms with Crippen LogP contribution in [0, 0.1) is 35.3 Å². The topological polar surface area (TPSA) is 18.5 Å². The van der Waals surface area contributed by atoms with Gasteiger partial charge in [-0.3, -0.25) is 0 Å². The molecule has 0 radical (unpaired) electrons. The van der Waals surface area contributed by atoms with Crippen molar-refractivity contribution >= 4 is 0 Å². The second-order valence-electron chi connectivity index (χ2n) is 9.97. The van der Waals surface area contributed by atoms with Crippen LogP contribution in [0.3, 0.4) is 0 Å². The fraction of sp³-hybridized carbons (Fsp3) is 0.704. The van der Waals surface area contributed by atoms with E-state index >= 15 is 0 Å². The number of benzene rings is 1. The molecular weight excluding hydrogens is 394 g/mol. The van der Waals surface area contributed by atoms with Crippen molar-refractivity contribution in [3.63, 3.8) is 0 Å². The number of allylic oxidation sites excluding steroid dienone is 1. The van der Waals surface area contributed by atoms with Crippen molar-refractivity contribution in [2.24, 2.45) is 23.7 Å². The van der Waals surface area contributed by atoms with Gasteiger partial charge in [0.25, 0.3) is 0 Å². The molecule has 31 heavy (non-hydrogen) atoms. The molecule has 3 aliphatic rings. The van der Waals surface area contributed by atoms with E-state index in [2.05, 4.69) is 19.1 Å². The minimum absolute atomic E-state index is 0.0131. The minimum Gasteiger partial charge on any atom is -0.352 e. The van der Waals surface area contributed by atoms with Crippen molar-refractivity contribution in [3.8, 4) is 0 Å². The molecule has 1 aromatic carbocycles. The molecule has 1 aliphatic heterocycles. The molecule has 2 nitrogen and oxygen atoms in total. The molecule has 0 amide bonds. The highest BCUT2D eigenvalue weighted by atomic mass is 19.2. The van der Waals surface area contributed by atoms with Crippen LogP contribution >= 0.6 is 0 Å². The lowest BCUT2D eigenvalue weighted by molar-refractivity contribution is -0.223. The first kappa shape index (κ1) is 22.9. The zero-order valence-corrected chi connectivity index (χ0v) is 18.9. The summed E-state index contributed by atoms with van der Waals surface area (Å²) in [6.45, 7) is 3.78. The number of rotatable bonds is 6. The third-order valence-electron chi connectivity index (χ3n) is 7.87. The van der Waals surface area contributed by atoms with Crippen LogP contribution in [0.4, 0.5) is 8.78 Å². The van der Waals surface area contributed by atoms with E-state index in [9.17, 15) is 8.78 Å². The lowest BCUT2D eigenvalue weighted by Crippen LogP contribution is -2.38. The number of ether oxygens (including phenoxy) is 2. The molecule has 1 heterocycles. The van der Waals surface area contributed by atoms with E-state index < -0.39 is 11.6 Å². The Morgan fingerprint density at radius 2 is 1.45 bits per heavy atom. The number of halogens is 2. The highest BCUT2D eigenvalue weighted by Crippen LogP contribution is 2.45. The monoisotopic (exact) mass is 432 g/mol. The quantitative estimate of drug-likeness (QED) is 0.436. The molecule has 3 fully saturated rings. The van der Waals surface area contributed by atoms with Crippen LogP contribution in [0.5, 0.6) is 0 Å². The Labute approximate surface area is 186 Å². The summed E-state index contributed by atoms with van der Waals surface area (Å²) in [4.78, 5) is 0. The van der Waals surface area contributed by atoms with E-state index in [1.807, 2.05) is 0 Å². The normalized spacial score (nSPS) is 34.8. The molecule has 172 valence electrons. The van der Waals surface area contributed by atoms with Crippen LogP contribution < -0.4 is 0 Å². The van der Waals surface area contributed by atoms with E-state index in [1.165, 1.54) is 57.1 Å². The van der Waals surface area contributed by atoms with Crippen molar-refractivity contribution in [1.82, 2.24) is 0 Å². The van der Waals surface area contributed by atoms with E-state index in [1.54, 1.807) is 6.07 Å². The fourth-order valence-electron chi connectivity index (χ4n) is 5.95. The molecule has 2 aliphatic carbocycles. The third-order valence-corrected chi connectivity index (χ3v) is 7.87. The number of hydrogen-bond acceptors (Lipinski definition) is 2. The number of unbranched alkanes of at least 4 members (excludes halogenated alkanes) is 1. The third kappa shape index (κ3) is 5.96. The fourth-order valence-corrected chi connectivity index (χ4v) is 5.95. The van der Waals surface area contributed by atoms with Crippen LogP contribution in [-0.4, -0.2) is 19.5 Å². The molecule has 0 atom stereocenters. The molecule has 1 saturated heterocycles. The van der Waals surface area contributed by atoms with Gasteiger partial charge < -0.3 is 9.47 Å². The van der Waals surface area contributed by atoms with Gasteiger partial charge in [-0.05, 0) is 93.2 Å². The molecule has 0 aromatic heterocycles. The van der Waals surface area contributed by atoms with Gasteiger partial charge in [0.1, 0.15) is 0 Å². The molecule has 0 spiro atoms. The maximum absolute atomic E-state index is 13.6. The van der Waals surface area contributed by atoms with Crippen molar-refractivity contribution in [2.75, 3.05) is 13.2 Å². The molecule has 0 bridgehead atoms. The molecule has 0 unspecified atom stereocenters. The van der Waals surface area contributed by atoms with Gasteiger partial charge in [-0.2, -0.15) is 0 Å². The summed E-state index contributed by atoms with van der Waals surface area (Å²) in [5, 5.41) is 0. The van der Waals surface area contributed by atoms with E-state index in [4.69, 9.17) is 9.47 Å². The van der Waals surface area contributed by atoms with Crippen LogP contribution in [0.25, 0.3) is 0 Å². The largest absolute Gasteiger partial charge is 0.352 e. The van der Waals surface area contributed by atoms with Gasteiger partial charge in [0.2, 0.25) is 0 Å². The standard InChI is InChI=1S/C27H38F2O2/c1-2-3-4-5-19-17-30-27(31-18-19)23-12-10-21(11-13-23)20-6-8-22(9-7-20)24-14-15-25(28)26(29)16-24/h4-5,14-16,19-23,27H,2-3,6-13,17-18H2,1H3/b5-4+. The Morgan fingerprint density at radius 1 is 0.839 bits per heavy atom. The second-order valence-corrected chi connectivity index (χ2v) is 9.97. The summed E-state index contributed by atoms with van der Waals surface area (Å²) >= 11 is 0. The second kappa shape index (κ2) is 11.0. The molecule has 0 N–H and O–H groups in total. The predicted octanol–water partition coefficient (Wildman–Crippen LogP) is 7.39. The zero-order chi connectivity index (χ0) is 21.6. The van der Waals surface area contributed by atoms with Crippen molar-refractivity contribution in [1.29, 1.82) is 0 Å². The molecule has 1 aromatic rings. The van der Waals surface area contributed by atoms with Crippen LogP contribution in [-0.2, 0) is 9.47 Å². The average molecular weight is 433 g/mol. The van der Waals surface area contributed by atoms with Crippen LogP contribution in [0.1, 0.15) is 82.6 Å². The maximum atomic E-state index is 13.6. The van der Waals surface area contributed by atoms with Gasteiger partial charge in [0, 0.05) is 11.8 Å². The molecular formula is C27H38F2O2. The van der Waals surface area contributed by atoms with E-state index in [-0.39, 0.29) is 6.29 Å². The Bertz CT molecular complexity index is 710. The van der Waals surface area contributed by atoms with Gasteiger partial charge in [0.15, 0.2) is 17.9 Å². The summed E-state index contributed by atoms with van der Waals surface area (Å²) in [5.74, 6) is 1.45. The van der Waals surface area contributed by atoms with Crippen molar-refractivity contribution in [2.45, 2.75) is 83.3 Å². The van der Waals surface area contributed by atoms with E-state index in [0.29, 0.717) is 17.8 Å². The number of hydrogen-bond donors (Lipinski definition) is 0. The van der Waals surface area contributed by atoms with Gasteiger partial charge in [-0.15, -0.1) is 0 Å². The Morgan fingerprint density at radius 3 is 2.06 bits per heavy atom. The van der Waals surface area contributed by atoms with Gasteiger partial charge in [0.05, 0.1) is 13.2 Å². The first-order valence-electron chi connectivity index (χ1n) is 12.5.